The molecule has 1 saturated carbocycles. The molecule has 42 heavy (non-hydrogen) atoms. The second kappa shape index (κ2) is 15.4. The lowest BCUT2D eigenvalue weighted by molar-refractivity contribution is -0.291. The molecule has 1 aliphatic carbocycles. The van der Waals surface area contributed by atoms with Crippen molar-refractivity contribution >= 4 is 24.0 Å². The summed E-state index contributed by atoms with van der Waals surface area (Å²) in [5, 5.41) is 6.53. The quantitative estimate of drug-likeness (QED) is 0.138. The van der Waals surface area contributed by atoms with E-state index < -0.39 is 72.9 Å². The molecule has 1 aliphatic heterocycles. The molecule has 0 bridgehead atoms. The van der Waals surface area contributed by atoms with Crippen molar-refractivity contribution in [2.45, 2.75) is 109 Å². The summed E-state index contributed by atoms with van der Waals surface area (Å²) in [4.78, 5) is 51.2. The number of nitrogens with one attached hydrogen (secondary N) is 1. The molecule has 1 heterocycles. The molecule has 0 spiro atoms. The Morgan fingerprint density at radius 3 is 2.26 bits per heavy atom. The van der Waals surface area contributed by atoms with E-state index in [0.29, 0.717) is 12.8 Å². The second-order valence-electron chi connectivity index (χ2n) is 10.5. The summed E-state index contributed by atoms with van der Waals surface area (Å²) in [6.07, 6.45) is -5.19. The van der Waals surface area contributed by atoms with Crippen LogP contribution in [-0.2, 0) is 49.4 Å². The van der Waals surface area contributed by atoms with E-state index in [9.17, 15) is 19.2 Å². The van der Waals surface area contributed by atoms with Crippen LogP contribution >= 0.6 is 0 Å². The maximum atomic E-state index is 12.5. The molecule has 1 aromatic carbocycles. The predicted octanol–water partition coefficient (Wildman–Crippen LogP) is 3.71. The molecule has 0 aromatic heterocycles. The number of azide groups is 1. The van der Waals surface area contributed by atoms with Gasteiger partial charge in [0.15, 0.2) is 18.5 Å². The van der Waals surface area contributed by atoms with E-state index >= 15 is 0 Å². The Morgan fingerprint density at radius 2 is 1.64 bits per heavy atom. The van der Waals surface area contributed by atoms with E-state index in [0.717, 1.165) is 5.56 Å². The summed E-state index contributed by atoms with van der Waals surface area (Å²) < 4.78 is 34.4. The number of esters is 3. The topological polar surface area (TPSA) is 184 Å². The summed E-state index contributed by atoms with van der Waals surface area (Å²) in [5.74, 6) is -2.22. The average Bonchev–Trinajstić information content (AvgIpc) is 2.92. The van der Waals surface area contributed by atoms with E-state index in [1.165, 1.54) is 20.8 Å². The molecule has 1 amide bonds. The van der Waals surface area contributed by atoms with Crippen LogP contribution in [0.5, 0.6) is 0 Å². The number of amides is 1. The molecule has 2 fully saturated rings. The van der Waals surface area contributed by atoms with E-state index in [1.807, 2.05) is 30.3 Å². The maximum absolute atomic E-state index is 12.5. The zero-order valence-corrected chi connectivity index (χ0v) is 24.3. The summed E-state index contributed by atoms with van der Waals surface area (Å²) >= 11 is 0. The van der Waals surface area contributed by atoms with Gasteiger partial charge in [-0.2, -0.15) is 0 Å². The lowest BCUT2D eigenvalue weighted by Gasteiger charge is -2.46. The van der Waals surface area contributed by atoms with E-state index in [-0.39, 0.29) is 18.9 Å². The largest absolute Gasteiger partial charge is 0.458 e. The van der Waals surface area contributed by atoms with Crippen LogP contribution in [0.15, 0.2) is 35.4 Å². The molecule has 1 aromatic rings. The highest BCUT2D eigenvalue weighted by atomic mass is 16.7. The van der Waals surface area contributed by atoms with Crippen LogP contribution in [-0.4, -0.2) is 72.9 Å². The molecule has 14 heteroatoms. The Balaban J connectivity index is 1.77. The fourth-order valence-corrected chi connectivity index (χ4v) is 5.24. The van der Waals surface area contributed by atoms with Crippen molar-refractivity contribution in [3.05, 3.63) is 46.3 Å². The summed E-state index contributed by atoms with van der Waals surface area (Å²) in [7, 11) is 0. The fraction of sp³-hybridized carbons (Fsp3) is 0.643. The molecule has 2 unspecified atom stereocenters. The van der Waals surface area contributed by atoms with Gasteiger partial charge in [0.1, 0.15) is 18.8 Å². The molecule has 1 N–H and O–H groups in total. The average molecular weight is 591 g/mol. The summed E-state index contributed by atoms with van der Waals surface area (Å²) in [6.45, 7) is 7.31. The van der Waals surface area contributed by atoms with Crippen LogP contribution in [0, 0.1) is 5.92 Å². The molecule has 0 radical (unpaired) electrons. The fourth-order valence-electron chi connectivity index (χ4n) is 5.24. The summed E-state index contributed by atoms with van der Waals surface area (Å²) in [5.41, 5.74) is 9.92. The first kappa shape index (κ1) is 32.6. The van der Waals surface area contributed by atoms with Gasteiger partial charge in [-0.25, -0.2) is 4.79 Å². The molecule has 230 valence electrons. The van der Waals surface area contributed by atoms with Crippen molar-refractivity contribution in [2.75, 3.05) is 0 Å². The first-order valence-corrected chi connectivity index (χ1v) is 13.8. The standard InChI is InChI=1S/C28H38N4O10/c1-15-13-21(31-32-29)25(39-18(4)34)26(40-19(5)35)24(15)42-27-23(38-17(3)33)12-11-22(41-27)16(2)30-28(36)37-14-20-9-7-6-8-10-20/h6-10,15-16,21-27H,11-14H2,1-5H3,(H,30,36)/t15-,16+,21?,22?,23-,24+,25-,26-,27+/m0/s1. The van der Waals surface area contributed by atoms with Gasteiger partial charge in [0.2, 0.25) is 0 Å². The van der Waals surface area contributed by atoms with Crippen molar-refractivity contribution in [3.63, 3.8) is 0 Å². The van der Waals surface area contributed by atoms with E-state index in [2.05, 4.69) is 15.3 Å². The lowest BCUT2D eigenvalue weighted by atomic mass is 9.80. The number of carbonyl (C=O) groups excluding carboxylic acids is 4. The zero-order chi connectivity index (χ0) is 30.8. The van der Waals surface area contributed by atoms with Gasteiger partial charge in [-0.15, -0.1) is 0 Å². The summed E-state index contributed by atoms with van der Waals surface area (Å²) in [6, 6.07) is 7.93. The normalized spacial score (nSPS) is 29.6. The van der Waals surface area contributed by atoms with Crippen LogP contribution in [0.1, 0.15) is 59.4 Å². The third kappa shape index (κ3) is 9.33. The van der Waals surface area contributed by atoms with Gasteiger partial charge < -0.3 is 33.7 Å². The van der Waals surface area contributed by atoms with Crippen molar-refractivity contribution in [1.82, 2.24) is 5.32 Å². The van der Waals surface area contributed by atoms with Crippen molar-refractivity contribution in [2.24, 2.45) is 11.0 Å². The first-order valence-electron chi connectivity index (χ1n) is 13.8. The Kier molecular flexibility index (Phi) is 12.0. The molecular formula is C28H38N4O10. The van der Waals surface area contributed by atoms with Gasteiger partial charge in [-0.1, -0.05) is 42.4 Å². The van der Waals surface area contributed by atoms with Crippen LogP contribution < -0.4 is 5.32 Å². The monoisotopic (exact) mass is 590 g/mol. The van der Waals surface area contributed by atoms with E-state index in [4.69, 9.17) is 34.0 Å². The third-order valence-electron chi connectivity index (χ3n) is 7.08. The SMILES string of the molecule is CC(=O)O[C@H]1[C@H](O[C@H]2OC([C@@H](C)NC(=O)OCc3ccccc3)CC[C@@H]2OC(C)=O)[C@@H](C)CC(N=[N+]=[N-])[C@@H]1OC(C)=O. The van der Waals surface area contributed by atoms with Crippen LogP contribution in [0.4, 0.5) is 4.79 Å². The first-order chi connectivity index (χ1) is 20.0. The van der Waals surface area contributed by atoms with Crippen LogP contribution in [0.25, 0.3) is 10.4 Å². The Labute approximate surface area is 243 Å². The van der Waals surface area contributed by atoms with Gasteiger partial charge in [-0.05, 0) is 43.2 Å². The molecule has 3 rings (SSSR count). The van der Waals surface area contributed by atoms with Gasteiger partial charge in [0.25, 0.3) is 0 Å². The zero-order valence-electron chi connectivity index (χ0n) is 24.3. The number of alkyl carbamates (subject to hydrolysis) is 1. The van der Waals surface area contributed by atoms with Gasteiger partial charge in [0.05, 0.1) is 18.2 Å². The second-order valence-corrected chi connectivity index (χ2v) is 10.5. The lowest BCUT2D eigenvalue weighted by Crippen LogP contribution is -2.59. The highest BCUT2D eigenvalue weighted by molar-refractivity contribution is 5.68. The third-order valence-corrected chi connectivity index (χ3v) is 7.08. The maximum Gasteiger partial charge on any atom is 0.407 e. The molecule has 1 saturated heterocycles. The predicted molar refractivity (Wildman–Crippen MR) is 145 cm³/mol. The smallest absolute Gasteiger partial charge is 0.407 e. The van der Waals surface area contributed by atoms with Crippen LogP contribution in [0.3, 0.4) is 0 Å². The number of ether oxygens (including phenoxy) is 6. The number of nitrogens with zero attached hydrogens (tertiary/aromatic N) is 3. The minimum atomic E-state index is -1.14. The van der Waals surface area contributed by atoms with Gasteiger partial charge in [-0.3, -0.25) is 14.4 Å². The Hall–Kier alpha value is -3.87. The number of rotatable bonds is 10. The molecule has 9 atom stereocenters. The molecular weight excluding hydrogens is 552 g/mol. The minimum Gasteiger partial charge on any atom is -0.458 e. The highest BCUT2D eigenvalue weighted by Gasteiger charge is 2.50. The van der Waals surface area contributed by atoms with Crippen molar-refractivity contribution in [1.29, 1.82) is 0 Å². The van der Waals surface area contributed by atoms with Crippen LogP contribution in [0.2, 0.25) is 0 Å². The van der Waals surface area contributed by atoms with Crippen molar-refractivity contribution in [3.8, 4) is 0 Å². The number of hydrogen-bond acceptors (Lipinski definition) is 11. The van der Waals surface area contributed by atoms with E-state index in [1.54, 1.807) is 13.8 Å². The molecule has 14 nitrogen and oxygen atoms in total. The Morgan fingerprint density at radius 1 is 1.00 bits per heavy atom. The molecule has 2 aliphatic rings. The Bertz CT molecular complexity index is 1140. The van der Waals surface area contributed by atoms with Gasteiger partial charge in [0, 0.05) is 25.7 Å². The van der Waals surface area contributed by atoms with Crippen molar-refractivity contribution < 1.29 is 47.6 Å². The number of benzene rings is 1. The highest BCUT2D eigenvalue weighted by Crippen LogP contribution is 2.36. The number of carbonyl (C=O) groups is 4. The minimum absolute atomic E-state index is 0.0998. The number of hydrogen-bond donors (Lipinski definition) is 1. The van der Waals surface area contributed by atoms with Gasteiger partial charge >= 0.3 is 24.0 Å².